The number of benzene rings is 2. The molecule has 6 heteroatoms. The van der Waals surface area contributed by atoms with Crippen LogP contribution in [0.2, 0.25) is 0 Å². The zero-order chi connectivity index (χ0) is 25.1. The van der Waals surface area contributed by atoms with Crippen LogP contribution < -0.4 is 15.5 Å². The van der Waals surface area contributed by atoms with Gasteiger partial charge in [0.25, 0.3) is 11.8 Å². The summed E-state index contributed by atoms with van der Waals surface area (Å²) < 4.78 is 0. The minimum atomic E-state index is -0.475. The number of carbonyl (C=O) groups excluding carboxylic acids is 2. The summed E-state index contributed by atoms with van der Waals surface area (Å²) in [6.07, 6.45) is 5.64. The number of hydrogen-bond acceptors (Lipinski definition) is 4. The number of rotatable bonds is 4. The molecule has 0 saturated carbocycles. The van der Waals surface area contributed by atoms with Gasteiger partial charge in [0.2, 0.25) is 0 Å². The number of anilines is 1. The number of amides is 2. The Morgan fingerprint density at radius 3 is 2.20 bits per heavy atom. The Hall–Kier alpha value is -3.25. The smallest absolute Gasteiger partial charge is 0.263 e. The lowest BCUT2D eigenvalue weighted by atomic mass is 9.72. The van der Waals surface area contributed by atoms with Crippen molar-refractivity contribution in [3.8, 4) is 11.1 Å². The Labute approximate surface area is 212 Å². The standard InChI is InChI=1S/C29H31N3O2S/c1-6-29(7-2)19-12-10-9-11-17(19)23-20(29)14-15-21-24(23)28(4,5)22(32(21)8-3)16-13-18-25(33)30-27(35)31-26(18)34/h9-16H,6-8H2,1-5H3,(H2,30,31,33,34,35)/b22-16-. The second kappa shape index (κ2) is 8.16. The van der Waals surface area contributed by atoms with Crippen LogP contribution in [0.4, 0.5) is 5.69 Å². The number of nitrogens with one attached hydrogen (secondary N) is 2. The largest absolute Gasteiger partial charge is 0.344 e. The van der Waals surface area contributed by atoms with E-state index in [9.17, 15) is 9.59 Å². The van der Waals surface area contributed by atoms with Gasteiger partial charge < -0.3 is 4.90 Å². The van der Waals surface area contributed by atoms with Crippen molar-refractivity contribution in [2.24, 2.45) is 0 Å². The highest BCUT2D eigenvalue weighted by Crippen LogP contribution is 2.60. The maximum absolute atomic E-state index is 12.4. The van der Waals surface area contributed by atoms with E-state index in [2.05, 4.69) is 86.6 Å². The molecule has 1 aliphatic carbocycles. The molecule has 180 valence electrons. The first-order chi connectivity index (χ1) is 16.7. The van der Waals surface area contributed by atoms with E-state index in [4.69, 9.17) is 12.2 Å². The summed E-state index contributed by atoms with van der Waals surface area (Å²) in [5.74, 6) is -0.949. The second-order valence-corrected chi connectivity index (χ2v) is 10.4. The summed E-state index contributed by atoms with van der Waals surface area (Å²) in [7, 11) is 0. The highest BCUT2D eigenvalue weighted by Gasteiger charge is 2.48. The maximum atomic E-state index is 12.4. The zero-order valence-corrected chi connectivity index (χ0v) is 21.7. The lowest BCUT2D eigenvalue weighted by Gasteiger charge is -2.30. The number of likely N-dealkylation sites (N-methyl/N-ethyl adjacent to an activating group) is 1. The first-order valence-electron chi connectivity index (χ1n) is 12.4. The number of allylic oxidation sites excluding steroid dienone is 3. The molecule has 2 N–H and O–H groups in total. The molecule has 2 amide bonds. The summed E-state index contributed by atoms with van der Waals surface area (Å²) in [6, 6.07) is 13.4. The molecule has 1 fully saturated rings. The summed E-state index contributed by atoms with van der Waals surface area (Å²) in [6.45, 7) is 12.0. The molecular weight excluding hydrogens is 454 g/mol. The van der Waals surface area contributed by atoms with Crippen molar-refractivity contribution < 1.29 is 9.59 Å². The van der Waals surface area contributed by atoms with Crippen LogP contribution in [0.1, 0.15) is 64.2 Å². The van der Waals surface area contributed by atoms with Gasteiger partial charge in [0.05, 0.1) is 0 Å². The lowest BCUT2D eigenvalue weighted by Crippen LogP contribution is -2.51. The number of hydrogen-bond donors (Lipinski definition) is 2. The van der Waals surface area contributed by atoms with Gasteiger partial charge in [-0.3, -0.25) is 20.2 Å². The highest BCUT2D eigenvalue weighted by molar-refractivity contribution is 7.80. The van der Waals surface area contributed by atoms with Crippen LogP contribution in [-0.4, -0.2) is 23.5 Å². The number of nitrogens with zero attached hydrogens (tertiary/aromatic N) is 1. The molecule has 5 nitrogen and oxygen atoms in total. The quantitative estimate of drug-likeness (QED) is 0.354. The molecule has 0 unspecified atom stereocenters. The molecule has 0 spiro atoms. The van der Waals surface area contributed by atoms with Crippen molar-refractivity contribution in [2.75, 3.05) is 11.4 Å². The van der Waals surface area contributed by atoms with Crippen LogP contribution in [0, 0.1) is 0 Å². The molecule has 5 rings (SSSR count). The molecule has 2 aromatic rings. The van der Waals surface area contributed by atoms with Gasteiger partial charge in [-0.05, 0) is 78.0 Å². The van der Waals surface area contributed by atoms with Gasteiger partial charge >= 0.3 is 0 Å². The summed E-state index contributed by atoms with van der Waals surface area (Å²) >= 11 is 4.93. The molecule has 0 atom stereocenters. The van der Waals surface area contributed by atoms with E-state index in [-0.39, 0.29) is 21.5 Å². The van der Waals surface area contributed by atoms with E-state index in [0.717, 1.165) is 25.1 Å². The maximum Gasteiger partial charge on any atom is 0.263 e. The topological polar surface area (TPSA) is 61.4 Å². The molecule has 1 saturated heterocycles. The molecule has 3 aliphatic rings. The van der Waals surface area contributed by atoms with Crippen molar-refractivity contribution in [3.63, 3.8) is 0 Å². The SMILES string of the molecule is CCN1/C(=C\C=C2C(=O)NC(=S)NC2=O)C(C)(C)c2c1ccc1c2-c2ccccc2C1(CC)CC. The minimum absolute atomic E-state index is 0.0131. The van der Waals surface area contributed by atoms with Gasteiger partial charge in [-0.1, -0.05) is 58.0 Å². The van der Waals surface area contributed by atoms with Crippen LogP contribution in [0.15, 0.2) is 59.8 Å². The van der Waals surface area contributed by atoms with E-state index in [1.807, 2.05) is 6.08 Å². The average Bonchev–Trinajstić information content (AvgIpc) is 3.24. The Kier molecular flexibility index (Phi) is 5.48. The van der Waals surface area contributed by atoms with Crippen molar-refractivity contribution in [1.29, 1.82) is 0 Å². The normalized spacial score (nSPS) is 20.4. The fraction of sp³-hybridized carbons (Fsp3) is 0.345. The third-order valence-corrected chi connectivity index (χ3v) is 8.34. The fourth-order valence-corrected chi connectivity index (χ4v) is 6.61. The van der Waals surface area contributed by atoms with Gasteiger partial charge in [0.15, 0.2) is 5.11 Å². The van der Waals surface area contributed by atoms with Crippen LogP contribution in [-0.2, 0) is 20.4 Å². The monoisotopic (exact) mass is 485 g/mol. The Balaban J connectivity index is 1.72. The van der Waals surface area contributed by atoms with Crippen LogP contribution in [0.25, 0.3) is 11.1 Å². The van der Waals surface area contributed by atoms with Crippen LogP contribution in [0.5, 0.6) is 0 Å². The Morgan fingerprint density at radius 2 is 1.57 bits per heavy atom. The second-order valence-electron chi connectivity index (χ2n) is 9.96. The molecule has 2 aliphatic heterocycles. The van der Waals surface area contributed by atoms with Gasteiger partial charge in [0.1, 0.15) is 5.57 Å². The van der Waals surface area contributed by atoms with Crippen LogP contribution in [0.3, 0.4) is 0 Å². The van der Waals surface area contributed by atoms with Crippen molar-refractivity contribution in [3.05, 3.63) is 76.5 Å². The third kappa shape index (κ3) is 3.16. The zero-order valence-electron chi connectivity index (χ0n) is 20.9. The van der Waals surface area contributed by atoms with E-state index >= 15 is 0 Å². The average molecular weight is 486 g/mol. The molecule has 35 heavy (non-hydrogen) atoms. The number of carbonyl (C=O) groups is 2. The van der Waals surface area contributed by atoms with Gasteiger partial charge in [-0.2, -0.15) is 0 Å². The fourth-order valence-electron chi connectivity index (χ4n) is 6.43. The summed E-state index contributed by atoms with van der Waals surface area (Å²) in [5.41, 5.74) is 8.81. The molecule has 0 radical (unpaired) electrons. The Bertz CT molecular complexity index is 1330. The molecule has 2 heterocycles. The van der Waals surface area contributed by atoms with Crippen LogP contribution >= 0.6 is 12.2 Å². The van der Waals surface area contributed by atoms with E-state index in [0.29, 0.717) is 0 Å². The van der Waals surface area contributed by atoms with E-state index < -0.39 is 11.8 Å². The minimum Gasteiger partial charge on any atom is -0.344 e. The third-order valence-electron chi connectivity index (χ3n) is 8.13. The molecule has 0 bridgehead atoms. The van der Waals surface area contributed by atoms with E-state index in [1.54, 1.807) is 6.08 Å². The first kappa shape index (κ1) is 23.5. The Morgan fingerprint density at radius 1 is 0.914 bits per heavy atom. The predicted octanol–water partition coefficient (Wildman–Crippen LogP) is 5.23. The number of fused-ring (bicyclic) bond motifs is 5. The van der Waals surface area contributed by atoms with E-state index in [1.165, 1.54) is 33.5 Å². The molecular formula is C29H31N3O2S. The highest BCUT2D eigenvalue weighted by atomic mass is 32.1. The lowest BCUT2D eigenvalue weighted by molar-refractivity contribution is -0.123. The summed E-state index contributed by atoms with van der Waals surface area (Å²) in [4.78, 5) is 27.1. The first-order valence-corrected chi connectivity index (χ1v) is 12.8. The van der Waals surface area contributed by atoms with Crippen molar-refractivity contribution in [1.82, 2.24) is 10.6 Å². The van der Waals surface area contributed by atoms with Crippen molar-refractivity contribution in [2.45, 2.75) is 58.3 Å². The van der Waals surface area contributed by atoms with Gasteiger partial charge in [-0.15, -0.1) is 0 Å². The summed E-state index contributed by atoms with van der Waals surface area (Å²) in [5, 5.41) is 5.07. The molecule has 2 aromatic carbocycles. The van der Waals surface area contributed by atoms with Gasteiger partial charge in [-0.25, -0.2) is 0 Å². The van der Waals surface area contributed by atoms with Gasteiger partial charge in [0, 0.05) is 28.8 Å². The molecule has 0 aromatic heterocycles. The number of thiocarbonyl (C=S) groups is 1. The predicted molar refractivity (Wildman–Crippen MR) is 144 cm³/mol. The van der Waals surface area contributed by atoms with Crippen molar-refractivity contribution >= 4 is 34.8 Å².